The maximum atomic E-state index is 11.8. The molecule has 0 saturated carbocycles. The summed E-state index contributed by atoms with van der Waals surface area (Å²) in [7, 11) is 0. The van der Waals surface area contributed by atoms with Crippen LogP contribution in [0.2, 0.25) is 0 Å². The Morgan fingerprint density at radius 1 is 1.50 bits per heavy atom. The van der Waals surface area contributed by atoms with Crippen molar-refractivity contribution in [3.05, 3.63) is 29.5 Å². The number of aryl methyl sites for hydroxylation is 3. The van der Waals surface area contributed by atoms with Gasteiger partial charge in [0.1, 0.15) is 12.2 Å². The highest BCUT2D eigenvalue weighted by Crippen LogP contribution is 2.08. The van der Waals surface area contributed by atoms with E-state index in [4.69, 9.17) is 4.42 Å². The summed E-state index contributed by atoms with van der Waals surface area (Å²) in [6.45, 7) is 4.02. The standard InChI is InChI=1S/C11H15N5O2/c1-7-10(18-8(2)15-7)11(17)12-5-3-4-9-13-6-14-16-9/h6H,3-5H2,1-2H3,(H,12,17)(H,13,14,16). The highest BCUT2D eigenvalue weighted by atomic mass is 16.4. The zero-order valence-electron chi connectivity index (χ0n) is 10.4. The molecule has 0 bridgehead atoms. The van der Waals surface area contributed by atoms with Gasteiger partial charge >= 0.3 is 0 Å². The van der Waals surface area contributed by atoms with Gasteiger partial charge in [0.15, 0.2) is 5.89 Å². The molecule has 96 valence electrons. The molecule has 2 rings (SSSR count). The number of hydrogen-bond donors (Lipinski definition) is 2. The minimum atomic E-state index is -0.231. The number of oxazole rings is 1. The first-order valence-electron chi connectivity index (χ1n) is 5.73. The van der Waals surface area contributed by atoms with E-state index in [0.29, 0.717) is 18.1 Å². The van der Waals surface area contributed by atoms with Gasteiger partial charge in [-0.3, -0.25) is 9.89 Å². The van der Waals surface area contributed by atoms with Gasteiger partial charge in [-0.15, -0.1) is 0 Å². The normalized spacial score (nSPS) is 10.6. The number of H-pyrrole nitrogens is 1. The van der Waals surface area contributed by atoms with Crippen LogP contribution in [0.5, 0.6) is 0 Å². The molecule has 0 spiro atoms. The van der Waals surface area contributed by atoms with E-state index in [2.05, 4.69) is 25.5 Å². The third kappa shape index (κ3) is 2.93. The Balaban J connectivity index is 1.77. The molecule has 2 aromatic rings. The molecular weight excluding hydrogens is 234 g/mol. The molecule has 0 aliphatic heterocycles. The van der Waals surface area contributed by atoms with Crippen LogP contribution in [0.1, 0.15) is 34.4 Å². The van der Waals surface area contributed by atoms with Crippen LogP contribution in [0.3, 0.4) is 0 Å². The second-order valence-corrected chi connectivity index (χ2v) is 3.94. The Bertz CT molecular complexity index is 518. The summed E-state index contributed by atoms with van der Waals surface area (Å²) in [4.78, 5) is 19.8. The van der Waals surface area contributed by atoms with Crippen molar-refractivity contribution < 1.29 is 9.21 Å². The maximum Gasteiger partial charge on any atom is 0.289 e. The van der Waals surface area contributed by atoms with Gasteiger partial charge < -0.3 is 9.73 Å². The van der Waals surface area contributed by atoms with E-state index >= 15 is 0 Å². The Labute approximate surface area is 104 Å². The summed E-state index contributed by atoms with van der Waals surface area (Å²) in [6.07, 6.45) is 3.00. The number of carbonyl (C=O) groups excluding carboxylic acids is 1. The van der Waals surface area contributed by atoms with Gasteiger partial charge in [-0.05, 0) is 13.3 Å². The fraction of sp³-hybridized carbons (Fsp3) is 0.455. The Kier molecular flexibility index (Phi) is 3.71. The van der Waals surface area contributed by atoms with Gasteiger partial charge in [0.2, 0.25) is 5.76 Å². The Hall–Kier alpha value is -2.18. The predicted molar refractivity (Wildman–Crippen MR) is 63.0 cm³/mol. The second kappa shape index (κ2) is 5.44. The van der Waals surface area contributed by atoms with Crippen LogP contribution in [-0.2, 0) is 6.42 Å². The van der Waals surface area contributed by atoms with Crippen LogP contribution in [0.15, 0.2) is 10.7 Å². The van der Waals surface area contributed by atoms with E-state index in [1.54, 1.807) is 13.8 Å². The van der Waals surface area contributed by atoms with Crippen molar-refractivity contribution in [3.8, 4) is 0 Å². The van der Waals surface area contributed by atoms with Gasteiger partial charge in [0.05, 0.1) is 5.69 Å². The molecule has 0 radical (unpaired) electrons. The van der Waals surface area contributed by atoms with E-state index in [9.17, 15) is 4.79 Å². The van der Waals surface area contributed by atoms with Crippen LogP contribution in [0.25, 0.3) is 0 Å². The van der Waals surface area contributed by atoms with Crippen molar-refractivity contribution in [2.75, 3.05) is 6.54 Å². The van der Waals surface area contributed by atoms with Crippen LogP contribution in [0.4, 0.5) is 0 Å². The minimum Gasteiger partial charge on any atom is -0.436 e. The highest BCUT2D eigenvalue weighted by molar-refractivity contribution is 5.92. The summed E-state index contributed by atoms with van der Waals surface area (Å²) in [5.74, 6) is 1.37. The largest absolute Gasteiger partial charge is 0.436 e. The van der Waals surface area contributed by atoms with Gasteiger partial charge in [0.25, 0.3) is 5.91 Å². The maximum absolute atomic E-state index is 11.8. The lowest BCUT2D eigenvalue weighted by Crippen LogP contribution is -2.25. The van der Waals surface area contributed by atoms with Crippen LogP contribution < -0.4 is 5.32 Å². The van der Waals surface area contributed by atoms with Crippen LogP contribution >= 0.6 is 0 Å². The lowest BCUT2D eigenvalue weighted by Gasteiger charge is -2.02. The van der Waals surface area contributed by atoms with Gasteiger partial charge in [-0.2, -0.15) is 5.10 Å². The monoisotopic (exact) mass is 249 g/mol. The molecule has 7 nitrogen and oxygen atoms in total. The number of amides is 1. The summed E-state index contributed by atoms with van der Waals surface area (Å²) in [5, 5.41) is 9.30. The van der Waals surface area contributed by atoms with Crippen molar-refractivity contribution in [2.45, 2.75) is 26.7 Å². The third-order valence-corrected chi connectivity index (χ3v) is 2.45. The number of nitrogens with one attached hydrogen (secondary N) is 2. The molecular formula is C11H15N5O2. The fourth-order valence-electron chi connectivity index (χ4n) is 1.63. The quantitative estimate of drug-likeness (QED) is 0.763. The molecule has 0 fully saturated rings. The highest BCUT2D eigenvalue weighted by Gasteiger charge is 2.14. The topological polar surface area (TPSA) is 96.7 Å². The summed E-state index contributed by atoms with van der Waals surface area (Å²) in [6, 6.07) is 0. The molecule has 2 aromatic heterocycles. The van der Waals surface area contributed by atoms with Crippen LogP contribution in [0, 0.1) is 13.8 Å². The van der Waals surface area contributed by atoms with E-state index in [-0.39, 0.29) is 11.7 Å². The first-order valence-corrected chi connectivity index (χ1v) is 5.73. The smallest absolute Gasteiger partial charge is 0.289 e. The lowest BCUT2D eigenvalue weighted by atomic mass is 10.3. The van der Waals surface area contributed by atoms with Crippen molar-refractivity contribution in [2.24, 2.45) is 0 Å². The predicted octanol–water partition coefficient (Wildman–Crippen LogP) is 0.772. The molecule has 0 aromatic carbocycles. The van der Waals surface area contributed by atoms with Gasteiger partial charge in [-0.25, -0.2) is 9.97 Å². The number of carbonyl (C=O) groups is 1. The molecule has 7 heteroatoms. The van der Waals surface area contributed by atoms with Gasteiger partial charge in [0, 0.05) is 19.9 Å². The molecule has 2 N–H and O–H groups in total. The fourth-order valence-corrected chi connectivity index (χ4v) is 1.63. The number of rotatable bonds is 5. The number of aromatic amines is 1. The molecule has 1 amide bonds. The van der Waals surface area contributed by atoms with Crippen molar-refractivity contribution in [1.82, 2.24) is 25.5 Å². The third-order valence-electron chi connectivity index (χ3n) is 2.45. The first-order chi connectivity index (χ1) is 8.66. The van der Waals surface area contributed by atoms with Crippen molar-refractivity contribution >= 4 is 5.91 Å². The average Bonchev–Trinajstić information content (AvgIpc) is 2.94. The zero-order valence-corrected chi connectivity index (χ0v) is 10.4. The first kappa shape index (κ1) is 12.3. The zero-order chi connectivity index (χ0) is 13.0. The molecule has 2 heterocycles. The van der Waals surface area contributed by atoms with E-state index in [0.717, 1.165) is 18.7 Å². The SMILES string of the molecule is Cc1nc(C)c(C(=O)NCCCc2ncn[nH]2)o1. The van der Waals surface area contributed by atoms with E-state index in [1.807, 2.05) is 0 Å². The molecule has 0 aliphatic carbocycles. The van der Waals surface area contributed by atoms with Gasteiger partial charge in [-0.1, -0.05) is 0 Å². The lowest BCUT2D eigenvalue weighted by molar-refractivity contribution is 0.0923. The summed E-state index contributed by atoms with van der Waals surface area (Å²) in [5.41, 5.74) is 0.611. The number of hydrogen-bond acceptors (Lipinski definition) is 5. The number of nitrogens with zero attached hydrogens (tertiary/aromatic N) is 3. The van der Waals surface area contributed by atoms with Crippen LogP contribution in [-0.4, -0.2) is 32.6 Å². The summed E-state index contributed by atoms with van der Waals surface area (Å²) < 4.78 is 5.23. The van der Waals surface area contributed by atoms with Crippen molar-refractivity contribution in [3.63, 3.8) is 0 Å². The van der Waals surface area contributed by atoms with E-state index < -0.39 is 0 Å². The molecule has 0 atom stereocenters. The average molecular weight is 249 g/mol. The Morgan fingerprint density at radius 3 is 2.94 bits per heavy atom. The second-order valence-electron chi connectivity index (χ2n) is 3.94. The molecule has 0 unspecified atom stereocenters. The van der Waals surface area contributed by atoms with E-state index in [1.165, 1.54) is 6.33 Å². The Morgan fingerprint density at radius 2 is 2.33 bits per heavy atom. The molecule has 18 heavy (non-hydrogen) atoms. The minimum absolute atomic E-state index is 0.231. The van der Waals surface area contributed by atoms with Crippen molar-refractivity contribution in [1.29, 1.82) is 0 Å². The summed E-state index contributed by atoms with van der Waals surface area (Å²) >= 11 is 0. The molecule has 0 aliphatic rings. The number of aromatic nitrogens is 4. The molecule has 0 saturated heterocycles.